The van der Waals surface area contributed by atoms with E-state index in [9.17, 15) is 8.42 Å². The van der Waals surface area contributed by atoms with Crippen LogP contribution in [0, 0.1) is 0 Å². The minimum Gasteiger partial charge on any atom is -0.392 e. The van der Waals surface area contributed by atoms with E-state index in [0.717, 1.165) is 0 Å². The zero-order valence-corrected chi connectivity index (χ0v) is 12.6. The average molecular weight is 327 g/mol. The number of hydrogen-bond acceptors (Lipinski definition) is 3. The van der Waals surface area contributed by atoms with Crippen LogP contribution in [0.15, 0.2) is 18.2 Å². The van der Waals surface area contributed by atoms with Crippen molar-refractivity contribution >= 4 is 56.1 Å². The van der Waals surface area contributed by atoms with E-state index in [0.29, 0.717) is 5.02 Å². The lowest BCUT2D eigenvalue weighted by molar-refractivity contribution is 0.594. The summed E-state index contributed by atoms with van der Waals surface area (Å²) in [4.78, 5) is -0.0804. The first-order valence-electron chi connectivity index (χ1n) is 5.04. The zero-order chi connectivity index (χ0) is 13.9. The Hall–Kier alpha value is -0.560. The van der Waals surface area contributed by atoms with Crippen molar-refractivity contribution in [3.05, 3.63) is 28.2 Å². The van der Waals surface area contributed by atoms with Gasteiger partial charge in [-0.2, -0.15) is 0 Å². The molecule has 0 aliphatic rings. The molecule has 1 aromatic rings. The van der Waals surface area contributed by atoms with Crippen molar-refractivity contribution in [2.45, 2.75) is 18.6 Å². The highest BCUT2D eigenvalue weighted by atomic mass is 35.5. The molecule has 100 valence electrons. The highest BCUT2D eigenvalue weighted by Gasteiger charge is 2.27. The molecule has 1 unspecified atom stereocenters. The van der Waals surface area contributed by atoms with Gasteiger partial charge < -0.3 is 5.73 Å². The van der Waals surface area contributed by atoms with Gasteiger partial charge in [-0.05, 0) is 24.6 Å². The minimum absolute atomic E-state index is 0.0804. The van der Waals surface area contributed by atoms with Gasteiger partial charge in [0.1, 0.15) is 5.25 Å². The van der Waals surface area contributed by atoms with Crippen LogP contribution in [-0.4, -0.2) is 18.7 Å². The fourth-order valence-electron chi connectivity index (χ4n) is 1.37. The van der Waals surface area contributed by atoms with E-state index in [1.54, 1.807) is 13.0 Å². The lowest BCUT2D eigenvalue weighted by Crippen LogP contribution is -2.37. The molecular weight excluding hydrogens is 315 g/mol. The Morgan fingerprint density at radius 2 is 2.11 bits per heavy atom. The van der Waals surface area contributed by atoms with E-state index in [4.69, 9.17) is 41.2 Å². The molecule has 18 heavy (non-hydrogen) atoms. The first kappa shape index (κ1) is 15.5. The molecule has 0 aliphatic carbocycles. The molecule has 0 amide bonds. The van der Waals surface area contributed by atoms with Crippen molar-refractivity contribution in [1.82, 2.24) is 0 Å². The lowest BCUT2D eigenvalue weighted by Gasteiger charge is -2.16. The Kier molecular flexibility index (Phi) is 5.21. The molecule has 0 bridgehead atoms. The number of halogens is 2. The Morgan fingerprint density at radius 3 is 2.61 bits per heavy atom. The summed E-state index contributed by atoms with van der Waals surface area (Å²) in [5, 5.41) is -0.316. The molecule has 0 heterocycles. The molecule has 0 radical (unpaired) electrons. The Labute approximate surface area is 122 Å². The summed E-state index contributed by atoms with van der Waals surface area (Å²) >= 11 is 16.4. The zero-order valence-electron chi connectivity index (χ0n) is 9.48. The SMILES string of the molecule is CCC(C(N)=S)S(=O)(=O)Nc1cc(Cl)ccc1Cl. The van der Waals surface area contributed by atoms with Crippen molar-refractivity contribution in [2.75, 3.05) is 4.72 Å². The first-order chi connectivity index (χ1) is 8.27. The van der Waals surface area contributed by atoms with Crippen LogP contribution in [0.25, 0.3) is 0 Å². The second-order valence-corrected chi connectivity index (χ2v) is 6.75. The van der Waals surface area contributed by atoms with E-state index >= 15 is 0 Å². The summed E-state index contributed by atoms with van der Waals surface area (Å²) in [6, 6.07) is 4.49. The fourth-order valence-corrected chi connectivity index (χ4v) is 3.68. The average Bonchev–Trinajstić information content (AvgIpc) is 2.22. The van der Waals surface area contributed by atoms with Crippen molar-refractivity contribution < 1.29 is 8.42 Å². The van der Waals surface area contributed by atoms with Gasteiger partial charge in [-0.15, -0.1) is 0 Å². The Bertz CT molecular complexity index is 561. The highest BCUT2D eigenvalue weighted by Crippen LogP contribution is 2.27. The number of sulfonamides is 1. The molecule has 1 rings (SSSR count). The molecule has 4 nitrogen and oxygen atoms in total. The maximum Gasteiger partial charge on any atom is 0.242 e. The molecule has 0 aliphatic heterocycles. The summed E-state index contributed by atoms with van der Waals surface area (Å²) in [7, 11) is -3.72. The van der Waals surface area contributed by atoms with Gasteiger partial charge in [-0.3, -0.25) is 4.72 Å². The summed E-state index contributed by atoms with van der Waals surface area (Å²) in [5.74, 6) is 0. The molecule has 0 saturated heterocycles. The largest absolute Gasteiger partial charge is 0.392 e. The Morgan fingerprint density at radius 1 is 1.50 bits per heavy atom. The molecular formula is C10H12Cl2N2O2S2. The van der Waals surface area contributed by atoms with Crippen LogP contribution in [0.2, 0.25) is 10.0 Å². The van der Waals surface area contributed by atoms with E-state index in [1.165, 1.54) is 12.1 Å². The van der Waals surface area contributed by atoms with Gasteiger partial charge in [0.25, 0.3) is 0 Å². The third kappa shape index (κ3) is 3.71. The number of benzene rings is 1. The normalized spacial score (nSPS) is 13.1. The monoisotopic (exact) mass is 326 g/mol. The van der Waals surface area contributed by atoms with Gasteiger partial charge in [0.15, 0.2) is 0 Å². The van der Waals surface area contributed by atoms with E-state index in [2.05, 4.69) is 4.72 Å². The van der Waals surface area contributed by atoms with Crippen LogP contribution < -0.4 is 10.5 Å². The second kappa shape index (κ2) is 6.06. The lowest BCUT2D eigenvalue weighted by atomic mass is 10.3. The third-order valence-electron chi connectivity index (χ3n) is 2.24. The molecule has 3 N–H and O–H groups in total. The smallest absolute Gasteiger partial charge is 0.242 e. The van der Waals surface area contributed by atoms with E-state index in [-0.39, 0.29) is 22.1 Å². The van der Waals surface area contributed by atoms with Gasteiger partial charge >= 0.3 is 0 Å². The maximum atomic E-state index is 12.1. The van der Waals surface area contributed by atoms with E-state index < -0.39 is 15.3 Å². The second-order valence-electron chi connectivity index (χ2n) is 3.57. The molecule has 0 saturated carbocycles. The Balaban J connectivity index is 3.09. The van der Waals surface area contributed by atoms with Gasteiger partial charge in [0.2, 0.25) is 10.0 Å². The maximum absolute atomic E-state index is 12.1. The number of rotatable bonds is 5. The van der Waals surface area contributed by atoms with Gasteiger partial charge in [-0.25, -0.2) is 8.42 Å². The topological polar surface area (TPSA) is 72.2 Å². The van der Waals surface area contributed by atoms with Crippen LogP contribution in [0.1, 0.15) is 13.3 Å². The van der Waals surface area contributed by atoms with Gasteiger partial charge in [-0.1, -0.05) is 42.3 Å². The van der Waals surface area contributed by atoms with E-state index in [1.807, 2.05) is 0 Å². The fraction of sp³-hybridized carbons (Fsp3) is 0.300. The summed E-state index contributed by atoms with van der Waals surface area (Å²) in [5.41, 5.74) is 5.62. The van der Waals surface area contributed by atoms with Crippen LogP contribution in [0.4, 0.5) is 5.69 Å². The van der Waals surface area contributed by atoms with Crippen LogP contribution in [-0.2, 0) is 10.0 Å². The summed E-state index contributed by atoms with van der Waals surface area (Å²) in [6.45, 7) is 1.68. The standard InChI is InChI=1S/C10H12Cl2N2O2S2/c1-2-9(10(13)17)18(15,16)14-8-5-6(11)3-4-7(8)12/h3-5,9,14H,2H2,1H3,(H2,13,17). The molecule has 1 aromatic carbocycles. The van der Waals surface area contributed by atoms with Gasteiger partial charge in [0, 0.05) is 5.02 Å². The number of nitrogens with two attached hydrogens (primary N) is 1. The highest BCUT2D eigenvalue weighted by molar-refractivity contribution is 7.95. The van der Waals surface area contributed by atoms with Crippen LogP contribution >= 0.6 is 35.4 Å². The minimum atomic E-state index is -3.72. The predicted molar refractivity (Wildman–Crippen MR) is 79.9 cm³/mol. The van der Waals surface area contributed by atoms with Crippen molar-refractivity contribution in [3.8, 4) is 0 Å². The molecule has 8 heteroatoms. The predicted octanol–water partition coefficient (Wildman–Crippen LogP) is 2.80. The quantitative estimate of drug-likeness (QED) is 0.816. The molecule has 0 spiro atoms. The van der Waals surface area contributed by atoms with Crippen LogP contribution in [0.5, 0.6) is 0 Å². The summed E-state index contributed by atoms with van der Waals surface area (Å²) < 4.78 is 26.5. The van der Waals surface area contributed by atoms with Crippen molar-refractivity contribution in [3.63, 3.8) is 0 Å². The van der Waals surface area contributed by atoms with Gasteiger partial charge in [0.05, 0.1) is 15.7 Å². The summed E-state index contributed by atoms with van der Waals surface area (Å²) in [6.07, 6.45) is 0.281. The van der Waals surface area contributed by atoms with Crippen molar-refractivity contribution in [1.29, 1.82) is 0 Å². The molecule has 0 fully saturated rings. The number of hydrogen-bond donors (Lipinski definition) is 2. The number of nitrogens with one attached hydrogen (secondary N) is 1. The van der Waals surface area contributed by atoms with Crippen molar-refractivity contribution in [2.24, 2.45) is 5.73 Å². The van der Waals surface area contributed by atoms with Crippen LogP contribution in [0.3, 0.4) is 0 Å². The molecule has 1 atom stereocenters. The number of thiocarbonyl (C=S) groups is 1. The number of anilines is 1. The first-order valence-corrected chi connectivity index (χ1v) is 7.75. The third-order valence-corrected chi connectivity index (χ3v) is 5.08. The molecule has 0 aromatic heterocycles.